The number of nitrogens with zero attached hydrogens (tertiary/aromatic N) is 2. The first-order valence-corrected chi connectivity index (χ1v) is 7.79. The highest BCUT2D eigenvalue weighted by Crippen LogP contribution is 2.13. The van der Waals surface area contributed by atoms with Crippen LogP contribution < -0.4 is 5.73 Å². The van der Waals surface area contributed by atoms with Gasteiger partial charge in [0.2, 0.25) is 0 Å². The zero-order valence-corrected chi connectivity index (χ0v) is 12.9. The topological polar surface area (TPSA) is 42.2 Å². The van der Waals surface area contributed by atoms with Gasteiger partial charge in [-0.25, -0.2) is 0 Å². The van der Waals surface area contributed by atoms with Gasteiger partial charge in [0.05, 0.1) is 0 Å². The lowest BCUT2D eigenvalue weighted by Crippen LogP contribution is -2.30. The van der Waals surface area contributed by atoms with Crippen molar-refractivity contribution in [1.82, 2.24) is 9.88 Å². The van der Waals surface area contributed by atoms with Crippen LogP contribution in [0.4, 0.5) is 0 Å². The molecule has 0 saturated heterocycles. The van der Waals surface area contributed by atoms with Crippen LogP contribution in [0.5, 0.6) is 0 Å². The second-order valence-electron chi connectivity index (χ2n) is 4.42. The summed E-state index contributed by atoms with van der Waals surface area (Å²) in [5.74, 6) is 1.18. The molecule has 1 aromatic heterocycles. The fraction of sp³-hybridized carbons (Fsp3) is 0.538. The van der Waals surface area contributed by atoms with Crippen LogP contribution >= 0.6 is 24.0 Å². The van der Waals surface area contributed by atoms with E-state index in [-0.39, 0.29) is 0 Å². The summed E-state index contributed by atoms with van der Waals surface area (Å²) >= 11 is 6.91. The average molecular weight is 283 g/mol. The van der Waals surface area contributed by atoms with Crippen molar-refractivity contribution in [3.8, 4) is 0 Å². The summed E-state index contributed by atoms with van der Waals surface area (Å²) in [5.41, 5.74) is 7.54. The number of nitrogens with two attached hydrogens (primary N) is 1. The van der Waals surface area contributed by atoms with Crippen LogP contribution in [0.25, 0.3) is 0 Å². The first-order valence-electron chi connectivity index (χ1n) is 5.99. The molecule has 18 heavy (non-hydrogen) atoms. The van der Waals surface area contributed by atoms with Crippen molar-refractivity contribution in [2.24, 2.45) is 5.73 Å². The molecule has 0 fully saturated rings. The Morgan fingerprint density at radius 2 is 2.33 bits per heavy atom. The normalized spacial score (nSPS) is 12.7. The molecule has 100 valence electrons. The Kier molecular flexibility index (Phi) is 6.60. The van der Waals surface area contributed by atoms with Gasteiger partial charge in [0.25, 0.3) is 0 Å². The molecule has 1 unspecified atom stereocenters. The molecule has 0 aromatic carbocycles. The molecule has 3 nitrogen and oxygen atoms in total. The number of rotatable bonds is 7. The molecule has 2 N–H and O–H groups in total. The maximum Gasteiger partial charge on any atom is 0.123 e. The summed E-state index contributed by atoms with van der Waals surface area (Å²) in [6, 6.07) is 4.51. The highest BCUT2D eigenvalue weighted by molar-refractivity contribution is 7.98. The highest BCUT2D eigenvalue weighted by Gasteiger charge is 2.12. The Bertz CT molecular complexity index is 396. The van der Waals surface area contributed by atoms with Crippen molar-refractivity contribution in [3.63, 3.8) is 0 Å². The smallest absolute Gasteiger partial charge is 0.123 e. The predicted molar refractivity (Wildman–Crippen MR) is 84.1 cm³/mol. The van der Waals surface area contributed by atoms with E-state index in [1.54, 1.807) is 6.20 Å². The molecule has 0 aliphatic rings. The van der Waals surface area contributed by atoms with Gasteiger partial charge in [-0.3, -0.25) is 9.88 Å². The second kappa shape index (κ2) is 7.71. The summed E-state index contributed by atoms with van der Waals surface area (Å²) in [6.45, 7) is 3.07. The maximum absolute atomic E-state index is 5.69. The monoisotopic (exact) mass is 283 g/mol. The third-order valence-electron chi connectivity index (χ3n) is 3.04. The molecule has 1 atom stereocenters. The molecular formula is C13H21N3S2. The van der Waals surface area contributed by atoms with E-state index in [0.29, 0.717) is 11.0 Å². The minimum atomic E-state index is 0.371. The molecule has 0 radical (unpaired) electrons. The van der Waals surface area contributed by atoms with Gasteiger partial charge in [-0.15, -0.1) is 0 Å². The Morgan fingerprint density at radius 1 is 1.61 bits per heavy atom. The lowest BCUT2D eigenvalue weighted by molar-refractivity contribution is 0.244. The second-order valence-corrected chi connectivity index (χ2v) is 5.85. The molecule has 1 heterocycles. The minimum Gasteiger partial charge on any atom is -0.388 e. The Labute approximate surface area is 119 Å². The van der Waals surface area contributed by atoms with Gasteiger partial charge in [0.15, 0.2) is 0 Å². The number of pyridine rings is 1. The lowest BCUT2D eigenvalue weighted by Gasteiger charge is -2.25. The number of hydrogen-bond acceptors (Lipinski definition) is 4. The Hall–Kier alpha value is -0.650. The van der Waals surface area contributed by atoms with Gasteiger partial charge in [0.1, 0.15) is 10.7 Å². The van der Waals surface area contributed by atoms with Gasteiger partial charge in [-0.2, -0.15) is 11.8 Å². The van der Waals surface area contributed by atoms with E-state index >= 15 is 0 Å². The predicted octanol–water partition coefficient (Wildman–Crippen LogP) is 2.29. The summed E-state index contributed by atoms with van der Waals surface area (Å²) in [4.78, 5) is 6.94. The van der Waals surface area contributed by atoms with Crippen molar-refractivity contribution >= 4 is 29.0 Å². The third kappa shape index (κ3) is 4.55. The van der Waals surface area contributed by atoms with Gasteiger partial charge in [0, 0.05) is 18.8 Å². The maximum atomic E-state index is 5.69. The van der Waals surface area contributed by atoms with Gasteiger partial charge >= 0.3 is 0 Å². The fourth-order valence-corrected chi connectivity index (χ4v) is 2.48. The van der Waals surface area contributed by atoms with E-state index in [4.69, 9.17) is 18.0 Å². The van der Waals surface area contributed by atoms with E-state index < -0.39 is 0 Å². The number of thiocarbonyl (C=S) groups is 1. The number of aromatic nitrogens is 1. The SMILES string of the molecule is CSCCC(C)N(C)Cc1cccnc1C(N)=S. The Balaban J connectivity index is 2.69. The van der Waals surface area contributed by atoms with Crippen LogP contribution in [-0.4, -0.2) is 40.0 Å². The largest absolute Gasteiger partial charge is 0.388 e. The first-order chi connectivity index (χ1) is 8.56. The molecule has 5 heteroatoms. The molecular weight excluding hydrogens is 262 g/mol. The molecule has 0 aliphatic carbocycles. The number of thioether (sulfide) groups is 1. The Morgan fingerprint density at radius 3 is 2.94 bits per heavy atom. The van der Waals surface area contributed by atoms with Crippen LogP contribution in [0.15, 0.2) is 18.3 Å². The molecule has 0 spiro atoms. The minimum absolute atomic E-state index is 0.371. The van der Waals surface area contributed by atoms with Crippen LogP contribution in [0.2, 0.25) is 0 Å². The first kappa shape index (κ1) is 15.4. The van der Waals surface area contributed by atoms with Crippen LogP contribution in [-0.2, 0) is 6.54 Å². The van der Waals surface area contributed by atoms with Gasteiger partial charge in [-0.05, 0) is 44.0 Å². The summed E-state index contributed by atoms with van der Waals surface area (Å²) in [5, 5.41) is 0. The molecule has 1 aromatic rings. The quantitative estimate of drug-likeness (QED) is 0.778. The summed E-state index contributed by atoms with van der Waals surface area (Å²) < 4.78 is 0. The molecule has 1 rings (SSSR count). The fourth-order valence-electron chi connectivity index (χ4n) is 1.72. The molecule has 0 aliphatic heterocycles. The lowest BCUT2D eigenvalue weighted by atomic mass is 10.1. The van der Waals surface area contributed by atoms with Crippen molar-refractivity contribution in [2.75, 3.05) is 19.1 Å². The molecule has 0 saturated carbocycles. The van der Waals surface area contributed by atoms with E-state index in [0.717, 1.165) is 17.8 Å². The van der Waals surface area contributed by atoms with Crippen molar-refractivity contribution in [3.05, 3.63) is 29.6 Å². The summed E-state index contributed by atoms with van der Waals surface area (Å²) in [7, 11) is 2.13. The highest BCUT2D eigenvalue weighted by atomic mass is 32.2. The molecule has 0 bridgehead atoms. The van der Waals surface area contributed by atoms with Crippen LogP contribution in [0, 0.1) is 0 Å². The van der Waals surface area contributed by atoms with Crippen molar-refractivity contribution < 1.29 is 0 Å². The standard InChI is InChI=1S/C13H21N3S2/c1-10(6-8-18-3)16(2)9-11-5-4-7-15-12(11)13(14)17/h4-5,7,10H,6,8-9H2,1-3H3,(H2,14,17). The van der Waals surface area contributed by atoms with Gasteiger partial charge in [-0.1, -0.05) is 18.3 Å². The summed E-state index contributed by atoms with van der Waals surface area (Å²) in [6.07, 6.45) is 5.05. The van der Waals surface area contributed by atoms with Gasteiger partial charge < -0.3 is 5.73 Å². The number of hydrogen-bond donors (Lipinski definition) is 1. The van der Waals surface area contributed by atoms with Crippen molar-refractivity contribution in [1.29, 1.82) is 0 Å². The van der Waals surface area contributed by atoms with E-state index in [1.807, 2.05) is 23.9 Å². The zero-order chi connectivity index (χ0) is 13.5. The van der Waals surface area contributed by atoms with E-state index in [1.165, 1.54) is 12.2 Å². The third-order valence-corrected chi connectivity index (χ3v) is 3.87. The van der Waals surface area contributed by atoms with E-state index in [2.05, 4.69) is 30.1 Å². The molecule has 0 amide bonds. The van der Waals surface area contributed by atoms with Crippen molar-refractivity contribution in [2.45, 2.75) is 25.9 Å². The zero-order valence-electron chi connectivity index (χ0n) is 11.2. The average Bonchev–Trinajstić information content (AvgIpc) is 2.36. The van der Waals surface area contributed by atoms with Crippen LogP contribution in [0.3, 0.4) is 0 Å². The van der Waals surface area contributed by atoms with Crippen LogP contribution in [0.1, 0.15) is 24.6 Å². The van der Waals surface area contributed by atoms with E-state index in [9.17, 15) is 0 Å².